The fraction of sp³-hybridized carbons (Fsp3) is 1.00. The molecule has 0 radical (unpaired) electrons. The molecule has 1 heterocycles. The third-order valence-corrected chi connectivity index (χ3v) is 3.76. The van der Waals surface area contributed by atoms with E-state index in [2.05, 4.69) is 0 Å². The molecule has 0 amide bonds. The van der Waals surface area contributed by atoms with Gasteiger partial charge in [-0.3, -0.25) is 13.2 Å². The molecule has 1 aliphatic heterocycles. The number of rotatable bonds is 18. The van der Waals surface area contributed by atoms with Gasteiger partial charge in [-0.2, -0.15) is 0 Å². The summed E-state index contributed by atoms with van der Waals surface area (Å²) in [6.45, 7) is -0.00591. The van der Waals surface area contributed by atoms with Gasteiger partial charge in [0.1, 0.15) is 0 Å². The maximum absolute atomic E-state index is 12.1. The van der Waals surface area contributed by atoms with Crippen molar-refractivity contribution in [3.05, 3.63) is 0 Å². The number of hydrogen-bond acceptors (Lipinski definition) is 6. The first-order valence-electron chi connectivity index (χ1n) is 9.79. The standard InChI is InChI=1S/C15H30B3F3O6/c19-10-4-1-7-13-22-16-25-17(23-14-8-2-5-11-20)27-18(26-16)24-15-9-3-6-12-21/h1-15H2. The lowest BCUT2D eigenvalue weighted by Gasteiger charge is -2.28. The van der Waals surface area contributed by atoms with Crippen LogP contribution in [-0.4, -0.2) is 61.8 Å². The third kappa shape index (κ3) is 13.5. The molecule has 0 atom stereocenters. The van der Waals surface area contributed by atoms with Gasteiger partial charge in [-0.1, -0.05) is 0 Å². The monoisotopic (exact) mass is 396 g/mol. The van der Waals surface area contributed by atoms with Gasteiger partial charge in [0.05, 0.1) is 20.0 Å². The molecule has 156 valence electrons. The molecular weight excluding hydrogens is 366 g/mol. The lowest BCUT2D eigenvalue weighted by Crippen LogP contribution is -2.53. The summed E-state index contributed by atoms with van der Waals surface area (Å²) in [5.41, 5.74) is 0. The first-order chi connectivity index (χ1) is 13.3. The van der Waals surface area contributed by atoms with Crippen LogP contribution in [0.1, 0.15) is 57.8 Å². The molecule has 0 unspecified atom stereocenters. The Morgan fingerprint density at radius 2 is 0.741 bits per heavy atom. The van der Waals surface area contributed by atoms with Crippen molar-refractivity contribution in [2.24, 2.45) is 0 Å². The Bertz CT molecular complexity index is 286. The molecule has 0 N–H and O–H groups in total. The molecule has 0 aliphatic carbocycles. The lowest BCUT2D eigenvalue weighted by molar-refractivity contribution is 0.0647. The van der Waals surface area contributed by atoms with Crippen LogP contribution >= 0.6 is 0 Å². The van der Waals surface area contributed by atoms with Crippen LogP contribution in [0.15, 0.2) is 0 Å². The Hall–Kier alpha value is -0.255. The maximum atomic E-state index is 12.1. The van der Waals surface area contributed by atoms with Crippen LogP contribution in [-0.2, 0) is 27.7 Å². The smallest absolute Gasteiger partial charge is 0.400 e. The van der Waals surface area contributed by atoms with Gasteiger partial charge < -0.3 is 27.7 Å². The van der Waals surface area contributed by atoms with Crippen molar-refractivity contribution >= 4 is 22.0 Å². The first kappa shape index (κ1) is 24.8. The van der Waals surface area contributed by atoms with Crippen LogP contribution in [0.25, 0.3) is 0 Å². The molecule has 0 bridgehead atoms. The molecular formula is C15H30B3F3O6. The minimum atomic E-state index is -1.02. The zero-order chi connectivity index (χ0) is 19.6. The summed E-state index contributed by atoms with van der Waals surface area (Å²) in [4.78, 5) is 0. The van der Waals surface area contributed by atoms with E-state index < -0.39 is 22.0 Å². The maximum Gasteiger partial charge on any atom is 0.615 e. The molecule has 1 saturated heterocycles. The molecule has 12 heteroatoms. The van der Waals surface area contributed by atoms with Crippen LogP contribution in [0, 0.1) is 0 Å². The summed E-state index contributed by atoms with van der Waals surface area (Å²) >= 11 is 0. The van der Waals surface area contributed by atoms with Crippen molar-refractivity contribution in [1.29, 1.82) is 0 Å². The largest absolute Gasteiger partial charge is 0.615 e. The van der Waals surface area contributed by atoms with Gasteiger partial charge in [0.25, 0.3) is 0 Å². The predicted octanol–water partition coefficient (Wildman–Crippen LogP) is 3.47. The van der Waals surface area contributed by atoms with Crippen LogP contribution in [0.2, 0.25) is 0 Å². The van der Waals surface area contributed by atoms with Crippen LogP contribution in [0.3, 0.4) is 0 Å². The Morgan fingerprint density at radius 3 is 1.00 bits per heavy atom. The van der Waals surface area contributed by atoms with E-state index in [9.17, 15) is 13.2 Å². The molecule has 1 fully saturated rings. The molecule has 0 spiro atoms. The van der Waals surface area contributed by atoms with Crippen molar-refractivity contribution in [2.45, 2.75) is 57.8 Å². The third-order valence-electron chi connectivity index (χ3n) is 3.76. The Balaban J connectivity index is 2.31. The number of alkyl halides is 3. The molecule has 1 rings (SSSR count). The van der Waals surface area contributed by atoms with Crippen molar-refractivity contribution in [1.82, 2.24) is 0 Å². The van der Waals surface area contributed by atoms with Crippen molar-refractivity contribution < 1.29 is 40.8 Å². The predicted molar refractivity (Wildman–Crippen MR) is 97.9 cm³/mol. The van der Waals surface area contributed by atoms with Crippen molar-refractivity contribution in [2.75, 3.05) is 39.8 Å². The molecule has 0 aromatic carbocycles. The molecule has 0 aromatic rings. The zero-order valence-corrected chi connectivity index (χ0v) is 15.9. The topological polar surface area (TPSA) is 55.4 Å². The summed E-state index contributed by atoms with van der Waals surface area (Å²) in [5.74, 6) is 0. The van der Waals surface area contributed by atoms with Gasteiger partial charge in [0, 0.05) is 19.8 Å². The fourth-order valence-electron chi connectivity index (χ4n) is 2.26. The number of hydrogen-bond donors (Lipinski definition) is 0. The van der Waals surface area contributed by atoms with Gasteiger partial charge in [-0.15, -0.1) is 0 Å². The van der Waals surface area contributed by atoms with Crippen LogP contribution < -0.4 is 0 Å². The van der Waals surface area contributed by atoms with E-state index in [1.807, 2.05) is 0 Å². The summed E-state index contributed by atoms with van der Waals surface area (Å²) in [5, 5.41) is 0. The van der Waals surface area contributed by atoms with Gasteiger partial charge in [-0.05, 0) is 57.8 Å². The van der Waals surface area contributed by atoms with E-state index in [0.717, 1.165) is 0 Å². The summed E-state index contributed by atoms with van der Waals surface area (Å²) in [6.07, 6.45) is 5.65. The molecule has 0 saturated carbocycles. The highest BCUT2D eigenvalue weighted by atomic mass is 19.1. The minimum Gasteiger partial charge on any atom is -0.400 e. The van der Waals surface area contributed by atoms with E-state index in [4.69, 9.17) is 27.7 Å². The Kier molecular flexibility index (Phi) is 16.4. The van der Waals surface area contributed by atoms with E-state index in [1.54, 1.807) is 0 Å². The summed E-state index contributed by atoms with van der Waals surface area (Å²) in [7, 11) is -3.05. The van der Waals surface area contributed by atoms with E-state index >= 15 is 0 Å². The zero-order valence-electron chi connectivity index (χ0n) is 15.9. The van der Waals surface area contributed by atoms with Gasteiger partial charge in [0.15, 0.2) is 0 Å². The lowest BCUT2D eigenvalue weighted by atomic mass is 9.96. The number of unbranched alkanes of at least 4 members (excludes halogenated alkanes) is 6. The molecule has 6 nitrogen and oxygen atoms in total. The molecule has 0 aromatic heterocycles. The molecule has 27 heavy (non-hydrogen) atoms. The second kappa shape index (κ2) is 17.8. The van der Waals surface area contributed by atoms with Gasteiger partial charge in [0.2, 0.25) is 0 Å². The van der Waals surface area contributed by atoms with E-state index in [-0.39, 0.29) is 20.0 Å². The van der Waals surface area contributed by atoms with Crippen LogP contribution in [0.5, 0.6) is 0 Å². The average Bonchev–Trinajstić information content (AvgIpc) is 2.67. The fourth-order valence-corrected chi connectivity index (χ4v) is 2.26. The SMILES string of the molecule is FCCCCCOB1OB(OCCCCCF)OB(OCCCCCF)O1. The van der Waals surface area contributed by atoms with Gasteiger partial charge in [-0.25, -0.2) is 0 Å². The second-order valence-electron chi connectivity index (χ2n) is 6.14. The average molecular weight is 396 g/mol. The van der Waals surface area contributed by atoms with Crippen molar-refractivity contribution in [3.63, 3.8) is 0 Å². The Labute approximate surface area is 161 Å². The van der Waals surface area contributed by atoms with E-state index in [1.165, 1.54) is 0 Å². The Morgan fingerprint density at radius 1 is 0.444 bits per heavy atom. The second-order valence-corrected chi connectivity index (χ2v) is 6.14. The molecule has 1 aliphatic rings. The quantitative estimate of drug-likeness (QED) is 0.261. The first-order valence-corrected chi connectivity index (χ1v) is 9.79. The van der Waals surface area contributed by atoms with Gasteiger partial charge >= 0.3 is 22.0 Å². The minimum absolute atomic E-state index is 0.344. The summed E-state index contributed by atoms with van der Waals surface area (Å²) in [6, 6.07) is 0. The number of halogens is 3. The highest BCUT2D eigenvalue weighted by molar-refractivity contribution is 6.66. The van der Waals surface area contributed by atoms with E-state index in [0.29, 0.717) is 77.6 Å². The normalized spacial score (nSPS) is 15.0. The highest BCUT2D eigenvalue weighted by Gasteiger charge is 2.46. The van der Waals surface area contributed by atoms with Crippen LogP contribution in [0.4, 0.5) is 13.2 Å². The summed E-state index contributed by atoms with van der Waals surface area (Å²) < 4.78 is 68.9. The van der Waals surface area contributed by atoms with Crippen molar-refractivity contribution in [3.8, 4) is 0 Å². The highest BCUT2D eigenvalue weighted by Crippen LogP contribution is 2.13.